The molecule has 5 heteroatoms. The summed E-state index contributed by atoms with van der Waals surface area (Å²) < 4.78 is 4.60. The zero-order valence-corrected chi connectivity index (χ0v) is 10.4. The fraction of sp³-hybridized carbons (Fsp3) is 0.0769. The van der Waals surface area contributed by atoms with Gasteiger partial charge in [-0.25, -0.2) is 9.78 Å². The SMILES string of the molecule is COC(=O)c1c(N)cc(-c2ccccc2)nc1Cl. The van der Waals surface area contributed by atoms with Gasteiger partial charge < -0.3 is 10.5 Å². The molecular weight excluding hydrogens is 252 g/mol. The summed E-state index contributed by atoms with van der Waals surface area (Å²) in [7, 11) is 1.27. The van der Waals surface area contributed by atoms with E-state index in [4.69, 9.17) is 17.3 Å². The van der Waals surface area contributed by atoms with E-state index >= 15 is 0 Å². The van der Waals surface area contributed by atoms with Crippen molar-refractivity contribution < 1.29 is 9.53 Å². The number of nitrogen functional groups attached to an aromatic ring is 1. The maximum Gasteiger partial charge on any atom is 0.343 e. The van der Waals surface area contributed by atoms with Crippen molar-refractivity contribution in [1.82, 2.24) is 4.98 Å². The van der Waals surface area contributed by atoms with E-state index < -0.39 is 5.97 Å². The van der Waals surface area contributed by atoms with E-state index in [0.717, 1.165) is 5.56 Å². The Morgan fingerprint density at radius 3 is 2.56 bits per heavy atom. The molecular formula is C13H11ClN2O2. The zero-order chi connectivity index (χ0) is 13.1. The van der Waals surface area contributed by atoms with Crippen LogP contribution in [0.3, 0.4) is 0 Å². The number of methoxy groups -OCH3 is 1. The Bertz CT molecular complexity index is 562. The van der Waals surface area contributed by atoms with Gasteiger partial charge in [-0.2, -0.15) is 0 Å². The number of hydrogen-bond donors (Lipinski definition) is 1. The van der Waals surface area contributed by atoms with Gasteiger partial charge in [0, 0.05) is 5.56 Å². The number of aromatic nitrogens is 1. The monoisotopic (exact) mass is 262 g/mol. The first-order valence-electron chi connectivity index (χ1n) is 5.23. The van der Waals surface area contributed by atoms with E-state index in [1.165, 1.54) is 7.11 Å². The number of pyridine rings is 1. The second kappa shape index (κ2) is 5.06. The predicted molar refractivity (Wildman–Crippen MR) is 70.4 cm³/mol. The van der Waals surface area contributed by atoms with Gasteiger partial charge in [-0.1, -0.05) is 41.9 Å². The van der Waals surface area contributed by atoms with Gasteiger partial charge >= 0.3 is 5.97 Å². The third-order valence-electron chi connectivity index (χ3n) is 2.46. The molecule has 0 fully saturated rings. The van der Waals surface area contributed by atoms with Crippen molar-refractivity contribution in [2.75, 3.05) is 12.8 Å². The lowest BCUT2D eigenvalue weighted by Gasteiger charge is -2.08. The molecule has 2 N–H and O–H groups in total. The second-order valence-corrected chi connectivity index (χ2v) is 3.98. The number of ether oxygens (including phenoxy) is 1. The summed E-state index contributed by atoms with van der Waals surface area (Å²) in [5.74, 6) is -0.593. The lowest BCUT2D eigenvalue weighted by molar-refractivity contribution is 0.0602. The number of halogens is 1. The van der Waals surface area contributed by atoms with Crippen LogP contribution in [0.25, 0.3) is 11.3 Å². The van der Waals surface area contributed by atoms with E-state index in [0.29, 0.717) is 5.69 Å². The van der Waals surface area contributed by atoms with Crippen molar-refractivity contribution in [3.8, 4) is 11.3 Å². The Morgan fingerprint density at radius 2 is 2.00 bits per heavy atom. The Labute approximate surface area is 109 Å². The minimum absolute atomic E-state index is 0.0423. The van der Waals surface area contributed by atoms with Crippen molar-refractivity contribution in [3.63, 3.8) is 0 Å². The highest BCUT2D eigenvalue weighted by Crippen LogP contribution is 2.27. The summed E-state index contributed by atoms with van der Waals surface area (Å²) in [6, 6.07) is 11.0. The highest BCUT2D eigenvalue weighted by Gasteiger charge is 2.17. The Hall–Kier alpha value is -2.07. The summed E-state index contributed by atoms with van der Waals surface area (Å²) in [5.41, 5.74) is 7.65. The van der Waals surface area contributed by atoms with Crippen LogP contribution in [0.2, 0.25) is 5.15 Å². The molecule has 0 spiro atoms. The summed E-state index contributed by atoms with van der Waals surface area (Å²) in [6.45, 7) is 0. The van der Waals surface area contributed by atoms with Crippen molar-refractivity contribution in [2.45, 2.75) is 0 Å². The second-order valence-electron chi connectivity index (χ2n) is 3.62. The molecule has 2 rings (SSSR count). The summed E-state index contributed by atoms with van der Waals surface area (Å²) in [5, 5.41) is 0.0423. The van der Waals surface area contributed by atoms with E-state index in [1.54, 1.807) is 6.07 Å². The van der Waals surface area contributed by atoms with E-state index in [1.807, 2.05) is 30.3 Å². The molecule has 0 atom stereocenters. The number of esters is 1. The van der Waals surface area contributed by atoms with Gasteiger partial charge in [0.25, 0.3) is 0 Å². The van der Waals surface area contributed by atoms with E-state index in [-0.39, 0.29) is 16.4 Å². The Kier molecular flexibility index (Phi) is 3.48. The first-order valence-corrected chi connectivity index (χ1v) is 5.61. The smallest absolute Gasteiger partial charge is 0.343 e. The predicted octanol–water partition coefficient (Wildman–Crippen LogP) is 2.77. The van der Waals surface area contributed by atoms with Crippen LogP contribution in [-0.2, 0) is 4.74 Å². The fourth-order valence-corrected chi connectivity index (χ4v) is 1.87. The molecule has 18 heavy (non-hydrogen) atoms. The molecule has 0 bridgehead atoms. The third kappa shape index (κ3) is 2.28. The molecule has 0 aliphatic heterocycles. The molecule has 1 aromatic carbocycles. The van der Waals surface area contributed by atoms with Crippen LogP contribution >= 0.6 is 11.6 Å². The molecule has 1 aromatic heterocycles. The van der Waals surface area contributed by atoms with E-state index in [2.05, 4.69) is 9.72 Å². The third-order valence-corrected chi connectivity index (χ3v) is 2.74. The number of nitrogens with zero attached hydrogens (tertiary/aromatic N) is 1. The van der Waals surface area contributed by atoms with Gasteiger partial charge in [0.15, 0.2) is 0 Å². The standard InChI is InChI=1S/C13H11ClN2O2/c1-18-13(17)11-9(15)7-10(16-12(11)14)8-5-3-2-4-6-8/h2-7H,1H3,(H2,15,16). The molecule has 1 heterocycles. The largest absolute Gasteiger partial charge is 0.465 e. The van der Waals surface area contributed by atoms with Crippen molar-refractivity contribution >= 4 is 23.3 Å². The van der Waals surface area contributed by atoms with Gasteiger partial charge in [-0.3, -0.25) is 0 Å². The number of rotatable bonds is 2. The average Bonchev–Trinajstić information content (AvgIpc) is 2.38. The first-order chi connectivity index (χ1) is 8.63. The molecule has 4 nitrogen and oxygen atoms in total. The number of hydrogen-bond acceptors (Lipinski definition) is 4. The van der Waals surface area contributed by atoms with Crippen molar-refractivity contribution in [2.24, 2.45) is 0 Å². The lowest BCUT2D eigenvalue weighted by atomic mass is 10.1. The van der Waals surface area contributed by atoms with Crippen LogP contribution in [0.1, 0.15) is 10.4 Å². The Morgan fingerprint density at radius 1 is 1.33 bits per heavy atom. The molecule has 2 aromatic rings. The van der Waals surface area contributed by atoms with Crippen LogP contribution in [0.4, 0.5) is 5.69 Å². The van der Waals surface area contributed by atoms with Crippen LogP contribution < -0.4 is 5.73 Å². The van der Waals surface area contributed by atoms with Crippen LogP contribution in [0, 0.1) is 0 Å². The van der Waals surface area contributed by atoms with Gasteiger partial charge in [0.1, 0.15) is 10.7 Å². The molecule has 0 aliphatic carbocycles. The van der Waals surface area contributed by atoms with E-state index in [9.17, 15) is 4.79 Å². The van der Waals surface area contributed by atoms with Gasteiger partial charge in [0.05, 0.1) is 18.5 Å². The van der Waals surface area contributed by atoms with Crippen molar-refractivity contribution in [3.05, 3.63) is 47.1 Å². The maximum atomic E-state index is 11.5. The number of anilines is 1. The normalized spacial score (nSPS) is 10.1. The molecule has 0 saturated carbocycles. The summed E-state index contributed by atoms with van der Waals surface area (Å²) >= 11 is 5.97. The minimum atomic E-state index is -0.593. The van der Waals surface area contributed by atoms with Crippen molar-refractivity contribution in [1.29, 1.82) is 0 Å². The molecule has 0 radical (unpaired) electrons. The summed E-state index contributed by atoms with van der Waals surface area (Å²) in [6.07, 6.45) is 0. The van der Waals surface area contributed by atoms with Gasteiger partial charge in [-0.15, -0.1) is 0 Å². The highest BCUT2D eigenvalue weighted by atomic mass is 35.5. The summed E-state index contributed by atoms with van der Waals surface area (Å²) in [4.78, 5) is 15.6. The minimum Gasteiger partial charge on any atom is -0.465 e. The molecule has 0 saturated heterocycles. The van der Waals surface area contributed by atoms with Gasteiger partial charge in [-0.05, 0) is 6.07 Å². The number of carbonyl (C=O) groups excluding carboxylic acids is 1. The maximum absolute atomic E-state index is 11.5. The first kappa shape index (κ1) is 12.4. The quantitative estimate of drug-likeness (QED) is 0.668. The zero-order valence-electron chi connectivity index (χ0n) is 9.68. The molecule has 0 aliphatic rings. The molecule has 0 unspecified atom stereocenters. The topological polar surface area (TPSA) is 65.2 Å². The number of nitrogens with two attached hydrogens (primary N) is 1. The van der Waals surface area contributed by atoms with Crippen LogP contribution in [0.5, 0.6) is 0 Å². The molecule has 0 amide bonds. The Balaban J connectivity index is 2.53. The van der Waals surface area contributed by atoms with Crippen LogP contribution in [0.15, 0.2) is 36.4 Å². The molecule has 92 valence electrons. The average molecular weight is 263 g/mol. The fourth-order valence-electron chi connectivity index (χ4n) is 1.59. The number of benzene rings is 1. The number of carbonyl (C=O) groups is 1. The highest BCUT2D eigenvalue weighted by molar-refractivity contribution is 6.33. The van der Waals surface area contributed by atoms with Gasteiger partial charge in [0.2, 0.25) is 0 Å². The van der Waals surface area contributed by atoms with Crippen LogP contribution in [-0.4, -0.2) is 18.1 Å². The lowest BCUT2D eigenvalue weighted by Crippen LogP contribution is -2.08.